The molecule has 6 nitrogen and oxygen atoms in total. The fraction of sp³-hybridized carbons (Fsp3) is 0.0769. The summed E-state index contributed by atoms with van der Waals surface area (Å²) in [6, 6.07) is 23.3. The molecule has 166 valence electrons. The molecule has 0 fully saturated rings. The van der Waals surface area contributed by atoms with Gasteiger partial charge in [-0.1, -0.05) is 60.7 Å². The number of rotatable bonds is 7. The molecule has 7 heteroatoms. The van der Waals surface area contributed by atoms with Crippen molar-refractivity contribution in [1.29, 1.82) is 0 Å². The Morgan fingerprint density at radius 2 is 1.64 bits per heavy atom. The second kappa shape index (κ2) is 8.27. The molecule has 0 amide bonds. The summed E-state index contributed by atoms with van der Waals surface area (Å²) in [5.41, 5.74) is 4.82. The van der Waals surface area contributed by atoms with Crippen LogP contribution >= 0.6 is 0 Å². The highest BCUT2D eigenvalue weighted by Gasteiger charge is 2.27. The first-order chi connectivity index (χ1) is 16.0. The summed E-state index contributed by atoms with van der Waals surface area (Å²) in [6.07, 6.45) is 5.93. The number of aromatic amines is 1. The predicted molar refractivity (Wildman–Crippen MR) is 132 cm³/mol. The molecule has 1 atom stereocenters. The van der Waals surface area contributed by atoms with Crippen molar-refractivity contribution in [1.82, 2.24) is 9.55 Å². The van der Waals surface area contributed by atoms with E-state index in [1.807, 2.05) is 54.7 Å². The first-order valence-corrected chi connectivity index (χ1v) is 12.0. The minimum atomic E-state index is -4.20. The standard InChI is InChI=1S/C26H23N3O3S/c1-2-15-29-17-22(19-10-4-7-13-24(19)29)26(21-16-28-23-12-6-3-9-18(21)23)20-11-5-8-14-25(20)32-33(27,30)31/h2-14,16-17,26,28H,1,15H2,(H2,27,30,31). The minimum absolute atomic E-state index is 0.204. The van der Waals surface area contributed by atoms with Gasteiger partial charge < -0.3 is 13.7 Å². The summed E-state index contributed by atoms with van der Waals surface area (Å²) < 4.78 is 31.1. The summed E-state index contributed by atoms with van der Waals surface area (Å²) in [5.74, 6) is -0.106. The van der Waals surface area contributed by atoms with Crippen LogP contribution in [-0.2, 0) is 16.8 Å². The Bertz CT molecular complexity index is 1580. The number of benzene rings is 3. The first-order valence-electron chi connectivity index (χ1n) is 10.5. The summed E-state index contributed by atoms with van der Waals surface area (Å²) in [5, 5.41) is 7.37. The molecular weight excluding hydrogens is 434 g/mol. The van der Waals surface area contributed by atoms with Gasteiger partial charge in [-0.2, -0.15) is 13.6 Å². The third-order valence-electron chi connectivity index (χ3n) is 5.82. The Morgan fingerprint density at radius 1 is 0.939 bits per heavy atom. The van der Waals surface area contributed by atoms with Gasteiger partial charge >= 0.3 is 10.3 Å². The number of aromatic nitrogens is 2. The highest BCUT2D eigenvalue weighted by molar-refractivity contribution is 7.84. The van der Waals surface area contributed by atoms with Gasteiger partial charge in [0, 0.05) is 52.2 Å². The van der Waals surface area contributed by atoms with Crippen LogP contribution in [0.3, 0.4) is 0 Å². The summed E-state index contributed by atoms with van der Waals surface area (Å²) >= 11 is 0. The maximum atomic E-state index is 11.8. The monoisotopic (exact) mass is 457 g/mol. The lowest BCUT2D eigenvalue weighted by Crippen LogP contribution is -2.20. The normalized spacial score (nSPS) is 12.8. The predicted octanol–water partition coefficient (Wildman–Crippen LogP) is 5.07. The average molecular weight is 458 g/mol. The Hall–Kier alpha value is -3.81. The van der Waals surface area contributed by atoms with E-state index in [-0.39, 0.29) is 11.7 Å². The highest BCUT2D eigenvalue weighted by atomic mass is 32.2. The average Bonchev–Trinajstić information content (AvgIpc) is 3.37. The molecule has 0 radical (unpaired) electrons. The van der Waals surface area contributed by atoms with Crippen LogP contribution in [0.4, 0.5) is 0 Å². The number of nitrogens with two attached hydrogens (primary N) is 1. The van der Waals surface area contributed by atoms with E-state index in [9.17, 15) is 8.42 Å². The molecule has 3 N–H and O–H groups in total. The van der Waals surface area contributed by atoms with E-state index < -0.39 is 10.3 Å². The smallest absolute Gasteiger partial charge is 0.371 e. The zero-order valence-electron chi connectivity index (χ0n) is 17.8. The first kappa shape index (κ1) is 21.1. The van der Waals surface area contributed by atoms with Gasteiger partial charge in [-0.05, 0) is 29.3 Å². The summed E-state index contributed by atoms with van der Waals surface area (Å²) in [6.45, 7) is 4.54. The van der Waals surface area contributed by atoms with Crippen molar-refractivity contribution in [3.05, 3.63) is 115 Å². The molecule has 2 heterocycles. The van der Waals surface area contributed by atoms with Gasteiger partial charge in [-0.3, -0.25) is 0 Å². The SMILES string of the molecule is C=CCn1cc(C(c2ccccc2OS(N)(=O)=O)c2c[nH]c3ccccc23)c2ccccc21. The van der Waals surface area contributed by atoms with E-state index in [2.05, 4.69) is 40.5 Å². The number of H-pyrrole nitrogens is 1. The summed E-state index contributed by atoms with van der Waals surface area (Å²) in [4.78, 5) is 3.35. The molecular formula is C26H23N3O3S. The number of fused-ring (bicyclic) bond motifs is 2. The Labute approximate surface area is 192 Å². The zero-order valence-corrected chi connectivity index (χ0v) is 18.6. The van der Waals surface area contributed by atoms with Crippen molar-refractivity contribution in [2.45, 2.75) is 12.5 Å². The molecule has 0 saturated carbocycles. The van der Waals surface area contributed by atoms with E-state index in [0.717, 1.165) is 32.9 Å². The lowest BCUT2D eigenvalue weighted by molar-refractivity contribution is 0.484. The van der Waals surface area contributed by atoms with Crippen LogP contribution in [0.1, 0.15) is 22.6 Å². The van der Waals surface area contributed by atoms with Gasteiger partial charge in [-0.15, -0.1) is 6.58 Å². The van der Waals surface area contributed by atoms with Gasteiger partial charge in [0.15, 0.2) is 0 Å². The molecule has 0 aliphatic carbocycles. The minimum Gasteiger partial charge on any atom is -0.371 e. The van der Waals surface area contributed by atoms with Crippen LogP contribution in [0.5, 0.6) is 5.75 Å². The topological polar surface area (TPSA) is 90.1 Å². The number of nitrogens with one attached hydrogen (secondary N) is 1. The van der Waals surface area contributed by atoms with Crippen molar-refractivity contribution in [3.8, 4) is 5.75 Å². The number of para-hydroxylation sites is 3. The van der Waals surface area contributed by atoms with Crippen molar-refractivity contribution >= 4 is 32.1 Å². The van der Waals surface area contributed by atoms with Gasteiger partial charge in [0.05, 0.1) is 0 Å². The second-order valence-corrected chi connectivity index (χ2v) is 9.03. The molecule has 33 heavy (non-hydrogen) atoms. The quantitative estimate of drug-likeness (QED) is 0.334. The van der Waals surface area contributed by atoms with Gasteiger partial charge in [0.2, 0.25) is 0 Å². The lowest BCUT2D eigenvalue weighted by atomic mass is 9.84. The number of allylic oxidation sites excluding steroid dienone is 1. The fourth-order valence-corrected chi connectivity index (χ4v) is 4.95. The molecule has 5 rings (SSSR count). The lowest BCUT2D eigenvalue weighted by Gasteiger charge is -2.20. The molecule has 3 aromatic carbocycles. The Balaban J connectivity index is 1.83. The van der Waals surface area contributed by atoms with Crippen LogP contribution in [0.25, 0.3) is 21.8 Å². The third kappa shape index (κ3) is 3.92. The molecule has 2 aromatic heterocycles. The van der Waals surface area contributed by atoms with E-state index in [1.54, 1.807) is 12.1 Å². The largest absolute Gasteiger partial charge is 0.380 e. The molecule has 0 bridgehead atoms. The second-order valence-electron chi connectivity index (χ2n) is 7.88. The van der Waals surface area contributed by atoms with E-state index in [4.69, 9.17) is 9.32 Å². The van der Waals surface area contributed by atoms with Crippen LogP contribution in [-0.4, -0.2) is 18.0 Å². The molecule has 0 aliphatic heterocycles. The number of nitrogens with zero attached hydrogens (tertiary/aromatic N) is 1. The molecule has 5 aromatic rings. The van der Waals surface area contributed by atoms with Crippen LogP contribution in [0, 0.1) is 0 Å². The van der Waals surface area contributed by atoms with Gasteiger partial charge in [0.1, 0.15) is 5.75 Å². The Morgan fingerprint density at radius 3 is 2.42 bits per heavy atom. The number of hydrogen-bond donors (Lipinski definition) is 2. The van der Waals surface area contributed by atoms with E-state index >= 15 is 0 Å². The maximum absolute atomic E-state index is 11.8. The van der Waals surface area contributed by atoms with Crippen molar-refractivity contribution in [2.75, 3.05) is 0 Å². The Kier molecular flexibility index (Phi) is 5.28. The van der Waals surface area contributed by atoms with Crippen molar-refractivity contribution < 1.29 is 12.6 Å². The van der Waals surface area contributed by atoms with Crippen LogP contribution in [0.15, 0.2) is 97.8 Å². The van der Waals surface area contributed by atoms with E-state index in [1.165, 1.54) is 0 Å². The zero-order chi connectivity index (χ0) is 23.0. The maximum Gasteiger partial charge on any atom is 0.380 e. The van der Waals surface area contributed by atoms with Crippen LogP contribution < -0.4 is 9.32 Å². The van der Waals surface area contributed by atoms with E-state index in [0.29, 0.717) is 12.1 Å². The molecule has 0 saturated heterocycles. The fourth-order valence-electron chi connectivity index (χ4n) is 4.55. The molecule has 0 spiro atoms. The van der Waals surface area contributed by atoms with Crippen molar-refractivity contribution in [2.24, 2.45) is 5.14 Å². The summed E-state index contributed by atoms with van der Waals surface area (Å²) in [7, 11) is -4.20. The van der Waals surface area contributed by atoms with Gasteiger partial charge in [-0.25, -0.2) is 0 Å². The molecule has 1 unspecified atom stereocenters. The number of hydrogen-bond acceptors (Lipinski definition) is 3. The third-order valence-corrected chi connectivity index (χ3v) is 6.24. The molecule has 0 aliphatic rings. The van der Waals surface area contributed by atoms with Crippen molar-refractivity contribution in [3.63, 3.8) is 0 Å². The van der Waals surface area contributed by atoms with Gasteiger partial charge in [0.25, 0.3) is 0 Å². The highest BCUT2D eigenvalue weighted by Crippen LogP contribution is 2.43. The van der Waals surface area contributed by atoms with Crippen LogP contribution in [0.2, 0.25) is 0 Å².